The lowest BCUT2D eigenvalue weighted by Gasteiger charge is -2.26. The number of para-hydroxylation sites is 3. The zero-order valence-electron chi connectivity index (χ0n) is 27.6. The van der Waals surface area contributed by atoms with Crippen molar-refractivity contribution in [3.05, 3.63) is 182 Å². The van der Waals surface area contributed by atoms with Crippen LogP contribution in [-0.4, -0.2) is 4.40 Å². The Labute approximate surface area is 294 Å². The lowest BCUT2D eigenvalue weighted by atomic mass is 10.00. The highest BCUT2D eigenvalue weighted by Crippen LogP contribution is 2.43. The number of rotatable bonds is 5. The third-order valence-electron chi connectivity index (χ3n) is 10.5. The molecule has 0 atom stereocenters. The summed E-state index contributed by atoms with van der Waals surface area (Å²) >= 11 is 0. The van der Waals surface area contributed by atoms with Gasteiger partial charge in [-0.2, -0.15) is 0 Å². The molecule has 51 heavy (non-hydrogen) atoms. The quantitative estimate of drug-likeness (QED) is 0.185. The molecule has 0 aliphatic rings. The zero-order valence-corrected chi connectivity index (χ0v) is 27.6. The highest BCUT2D eigenvalue weighted by atomic mass is 16.3. The summed E-state index contributed by atoms with van der Waals surface area (Å²) in [5.41, 5.74) is 13.5. The first-order chi connectivity index (χ1) is 25.3. The van der Waals surface area contributed by atoms with Gasteiger partial charge >= 0.3 is 0 Å². The van der Waals surface area contributed by atoms with Gasteiger partial charge in [0.05, 0.1) is 16.6 Å². The summed E-state index contributed by atoms with van der Waals surface area (Å²) in [6, 6.07) is 65.4. The van der Waals surface area contributed by atoms with E-state index in [9.17, 15) is 0 Å². The smallest absolute Gasteiger partial charge is 0.137 e. The van der Waals surface area contributed by atoms with Crippen LogP contribution >= 0.6 is 0 Å². The predicted octanol–water partition coefficient (Wildman–Crippen LogP) is 13.5. The highest BCUT2D eigenvalue weighted by Gasteiger charge is 2.20. The topological polar surface area (TPSA) is 20.8 Å². The van der Waals surface area contributed by atoms with E-state index in [0.29, 0.717) is 0 Å². The van der Waals surface area contributed by atoms with Crippen LogP contribution in [-0.2, 0) is 0 Å². The van der Waals surface area contributed by atoms with E-state index in [2.05, 4.69) is 179 Å². The molecule has 0 spiro atoms. The first-order valence-electron chi connectivity index (χ1n) is 17.4. The van der Waals surface area contributed by atoms with Crippen LogP contribution in [0, 0.1) is 0 Å². The minimum atomic E-state index is 0.875. The normalized spacial score (nSPS) is 11.9. The Hall–Kier alpha value is -6.84. The maximum atomic E-state index is 6.40. The Morgan fingerprint density at radius 1 is 0.333 bits per heavy atom. The van der Waals surface area contributed by atoms with Crippen LogP contribution in [0.3, 0.4) is 0 Å². The van der Waals surface area contributed by atoms with Crippen LogP contribution < -0.4 is 4.90 Å². The maximum Gasteiger partial charge on any atom is 0.137 e. The molecule has 3 nitrogen and oxygen atoms in total. The van der Waals surface area contributed by atoms with E-state index in [4.69, 9.17) is 4.42 Å². The molecule has 0 saturated heterocycles. The van der Waals surface area contributed by atoms with Crippen molar-refractivity contribution in [2.24, 2.45) is 0 Å². The SMILES string of the molecule is c1ccc(-c2ccc(-c3ccc(N(c4ccc5c(c4)oc4ccccc45)c4ccc5c6cccc7c8ccccc8n(c5c4)c76)cc3)cc2)cc1. The number of benzene rings is 8. The molecule has 0 amide bonds. The second kappa shape index (κ2) is 10.8. The van der Waals surface area contributed by atoms with E-state index in [1.54, 1.807) is 0 Å². The number of fused-ring (bicyclic) bond motifs is 9. The van der Waals surface area contributed by atoms with Gasteiger partial charge in [-0.15, -0.1) is 0 Å². The number of hydrogen-bond donors (Lipinski definition) is 0. The summed E-state index contributed by atoms with van der Waals surface area (Å²) in [4.78, 5) is 2.35. The van der Waals surface area contributed by atoms with E-state index in [1.807, 2.05) is 12.1 Å². The van der Waals surface area contributed by atoms with Gasteiger partial charge in [0.2, 0.25) is 0 Å². The van der Waals surface area contributed by atoms with E-state index >= 15 is 0 Å². The average Bonchev–Trinajstić information content (AvgIpc) is 3.85. The van der Waals surface area contributed by atoms with Gasteiger partial charge in [-0.05, 0) is 70.8 Å². The number of nitrogens with zero attached hydrogens (tertiary/aromatic N) is 2. The fraction of sp³-hybridized carbons (Fsp3) is 0. The molecule has 0 radical (unpaired) electrons. The predicted molar refractivity (Wildman–Crippen MR) is 214 cm³/mol. The summed E-state index contributed by atoms with van der Waals surface area (Å²) in [5.74, 6) is 0. The van der Waals surface area contributed by atoms with Gasteiger partial charge in [-0.3, -0.25) is 0 Å². The Kier molecular flexibility index (Phi) is 5.96. The first kappa shape index (κ1) is 28.0. The van der Waals surface area contributed by atoms with Crippen molar-refractivity contribution in [3.8, 4) is 22.3 Å². The molecule has 0 bridgehead atoms. The van der Waals surface area contributed by atoms with Crippen molar-refractivity contribution in [1.82, 2.24) is 4.40 Å². The van der Waals surface area contributed by atoms with Gasteiger partial charge in [-0.1, -0.05) is 127 Å². The molecule has 0 N–H and O–H groups in total. The maximum absolute atomic E-state index is 6.40. The summed E-state index contributed by atoms with van der Waals surface area (Å²) in [5, 5.41) is 7.36. The fourth-order valence-electron chi connectivity index (χ4n) is 8.15. The number of aromatic nitrogens is 1. The third-order valence-corrected chi connectivity index (χ3v) is 10.5. The van der Waals surface area contributed by atoms with Crippen LogP contribution in [0.15, 0.2) is 186 Å². The lowest BCUT2D eigenvalue weighted by Crippen LogP contribution is -2.09. The van der Waals surface area contributed by atoms with Crippen LogP contribution in [0.2, 0.25) is 0 Å². The van der Waals surface area contributed by atoms with E-state index in [-0.39, 0.29) is 0 Å². The van der Waals surface area contributed by atoms with Crippen LogP contribution in [0.4, 0.5) is 17.1 Å². The Balaban J connectivity index is 1.08. The average molecular weight is 651 g/mol. The Morgan fingerprint density at radius 2 is 0.843 bits per heavy atom. The van der Waals surface area contributed by atoms with Gasteiger partial charge in [0.15, 0.2) is 0 Å². The molecule has 3 heterocycles. The molecule has 0 unspecified atom stereocenters. The molecule has 0 aliphatic heterocycles. The molecular weight excluding hydrogens is 621 g/mol. The molecule has 8 aromatic carbocycles. The monoisotopic (exact) mass is 650 g/mol. The number of furan rings is 1. The summed E-state index contributed by atoms with van der Waals surface area (Å²) < 4.78 is 8.84. The van der Waals surface area contributed by atoms with Gasteiger partial charge in [0, 0.05) is 55.4 Å². The standard InChI is InChI=1S/C48H30N2O/c1-2-9-31(10-3-1)32-17-19-33(20-18-32)34-21-23-35(24-22-34)49(37-26-28-41-40-12-5-7-16-46(40)51-47(41)30-37)36-25-27-39-43-14-8-13-42-38-11-4-6-15-44(38)50(48(42)43)45(39)29-36/h1-30H. The van der Waals surface area contributed by atoms with E-state index in [1.165, 1.54) is 60.3 Å². The van der Waals surface area contributed by atoms with Gasteiger partial charge < -0.3 is 13.7 Å². The minimum absolute atomic E-state index is 0.875. The molecule has 3 heteroatoms. The minimum Gasteiger partial charge on any atom is -0.456 e. The second-order valence-electron chi connectivity index (χ2n) is 13.4. The van der Waals surface area contributed by atoms with Gasteiger partial charge in [0.25, 0.3) is 0 Å². The van der Waals surface area contributed by atoms with Crippen LogP contribution in [0.25, 0.3) is 82.3 Å². The van der Waals surface area contributed by atoms with E-state index in [0.717, 1.165) is 39.0 Å². The molecule has 11 aromatic rings. The molecule has 0 saturated carbocycles. The van der Waals surface area contributed by atoms with Crippen molar-refractivity contribution in [1.29, 1.82) is 0 Å². The number of hydrogen-bond acceptors (Lipinski definition) is 2. The summed E-state index contributed by atoms with van der Waals surface area (Å²) in [7, 11) is 0. The molecule has 238 valence electrons. The highest BCUT2D eigenvalue weighted by molar-refractivity contribution is 6.23. The lowest BCUT2D eigenvalue weighted by molar-refractivity contribution is 0.669. The van der Waals surface area contributed by atoms with Gasteiger partial charge in [0.1, 0.15) is 11.2 Å². The second-order valence-corrected chi connectivity index (χ2v) is 13.4. The Bertz CT molecular complexity index is 3060. The zero-order chi connectivity index (χ0) is 33.5. The molecule has 0 aliphatic carbocycles. The summed E-state index contributed by atoms with van der Waals surface area (Å²) in [6.07, 6.45) is 0. The molecular formula is C48H30N2O. The molecule has 3 aromatic heterocycles. The van der Waals surface area contributed by atoms with Gasteiger partial charge in [-0.25, -0.2) is 0 Å². The van der Waals surface area contributed by atoms with Crippen molar-refractivity contribution < 1.29 is 4.42 Å². The first-order valence-corrected chi connectivity index (χ1v) is 17.4. The number of anilines is 3. The summed E-state index contributed by atoms with van der Waals surface area (Å²) in [6.45, 7) is 0. The van der Waals surface area contributed by atoms with Crippen molar-refractivity contribution in [2.45, 2.75) is 0 Å². The molecule has 11 rings (SSSR count). The van der Waals surface area contributed by atoms with Crippen molar-refractivity contribution >= 4 is 77.1 Å². The van der Waals surface area contributed by atoms with Crippen LogP contribution in [0.5, 0.6) is 0 Å². The largest absolute Gasteiger partial charge is 0.456 e. The third kappa shape index (κ3) is 4.25. The van der Waals surface area contributed by atoms with Crippen molar-refractivity contribution in [2.75, 3.05) is 4.90 Å². The fourth-order valence-corrected chi connectivity index (χ4v) is 8.15. The van der Waals surface area contributed by atoms with E-state index < -0.39 is 0 Å². The van der Waals surface area contributed by atoms with Crippen molar-refractivity contribution in [3.63, 3.8) is 0 Å². The Morgan fingerprint density at radius 3 is 1.59 bits per heavy atom. The molecule has 0 fully saturated rings. The van der Waals surface area contributed by atoms with Crippen LogP contribution in [0.1, 0.15) is 0 Å².